The Hall–Kier alpha value is -1.72. The maximum atomic E-state index is 12.8. The third kappa shape index (κ3) is 5.77. The van der Waals surface area contributed by atoms with Gasteiger partial charge in [-0.3, -0.25) is 9.59 Å². The first kappa shape index (κ1) is 19.3. The minimum atomic E-state index is -0.701. The molecule has 0 aliphatic carbocycles. The van der Waals surface area contributed by atoms with Crippen LogP contribution in [0.1, 0.15) is 48.2 Å². The van der Waals surface area contributed by atoms with Crippen LogP contribution in [0.25, 0.3) is 0 Å². The molecule has 5 heteroatoms. The Balaban J connectivity index is 2.98. The van der Waals surface area contributed by atoms with Crippen LogP contribution >= 0.6 is 0 Å². The smallest absolute Gasteiger partial charge is 0.307 e. The summed E-state index contributed by atoms with van der Waals surface area (Å²) in [4.78, 5) is 24.6. The number of benzene rings is 1. The van der Waals surface area contributed by atoms with Gasteiger partial charge in [-0.2, -0.15) is 0 Å². The first-order valence-corrected chi connectivity index (χ1v) is 8.06. The standard InChI is InChI=1S/C18H27NO4/c1-5-15(11-20)19-16(10-17(21)23-6-2)18(22)14-8-7-12(3)13(4)9-14/h7-9,15-16,19-20H,5-6,10-11H2,1-4H3. The highest BCUT2D eigenvalue weighted by molar-refractivity contribution is 6.02. The van der Waals surface area contributed by atoms with Crippen LogP contribution in [0.15, 0.2) is 18.2 Å². The average Bonchev–Trinajstić information content (AvgIpc) is 2.53. The predicted octanol–water partition coefficient (Wildman–Crippen LogP) is 2.17. The highest BCUT2D eigenvalue weighted by Crippen LogP contribution is 2.14. The van der Waals surface area contributed by atoms with Gasteiger partial charge < -0.3 is 15.2 Å². The number of esters is 1. The molecule has 0 aliphatic rings. The Morgan fingerprint density at radius 3 is 2.43 bits per heavy atom. The van der Waals surface area contributed by atoms with Crippen molar-refractivity contribution in [3.63, 3.8) is 0 Å². The normalized spacial score (nSPS) is 13.4. The second-order valence-corrected chi connectivity index (χ2v) is 5.68. The van der Waals surface area contributed by atoms with Gasteiger partial charge in [0.05, 0.1) is 25.7 Å². The molecule has 23 heavy (non-hydrogen) atoms. The quantitative estimate of drug-likeness (QED) is 0.538. The van der Waals surface area contributed by atoms with Gasteiger partial charge in [0.1, 0.15) is 0 Å². The summed E-state index contributed by atoms with van der Waals surface area (Å²) in [5.74, 6) is -0.581. The van der Waals surface area contributed by atoms with E-state index in [1.807, 2.05) is 32.9 Å². The van der Waals surface area contributed by atoms with E-state index in [-0.39, 0.29) is 31.5 Å². The van der Waals surface area contributed by atoms with Gasteiger partial charge in [0.2, 0.25) is 0 Å². The zero-order chi connectivity index (χ0) is 17.4. The molecule has 128 valence electrons. The van der Waals surface area contributed by atoms with Crippen LogP contribution in [0.5, 0.6) is 0 Å². The van der Waals surface area contributed by atoms with Crippen molar-refractivity contribution in [3.8, 4) is 0 Å². The van der Waals surface area contributed by atoms with Gasteiger partial charge in [-0.05, 0) is 44.4 Å². The molecule has 1 aromatic rings. The zero-order valence-electron chi connectivity index (χ0n) is 14.4. The van der Waals surface area contributed by atoms with E-state index >= 15 is 0 Å². The Morgan fingerprint density at radius 1 is 1.22 bits per heavy atom. The second-order valence-electron chi connectivity index (χ2n) is 5.68. The topological polar surface area (TPSA) is 75.6 Å². The SMILES string of the molecule is CCOC(=O)CC(NC(CC)CO)C(=O)c1ccc(C)c(C)c1. The summed E-state index contributed by atoms with van der Waals surface area (Å²) >= 11 is 0. The molecule has 0 aromatic heterocycles. The van der Waals surface area contributed by atoms with E-state index in [0.717, 1.165) is 11.1 Å². The Morgan fingerprint density at radius 2 is 1.91 bits per heavy atom. The molecule has 2 N–H and O–H groups in total. The molecule has 5 nitrogen and oxygen atoms in total. The number of carbonyl (C=O) groups excluding carboxylic acids is 2. The number of aliphatic hydroxyl groups is 1. The maximum absolute atomic E-state index is 12.8. The van der Waals surface area contributed by atoms with Gasteiger partial charge in [0, 0.05) is 11.6 Å². The van der Waals surface area contributed by atoms with E-state index < -0.39 is 12.0 Å². The first-order chi connectivity index (χ1) is 10.9. The molecule has 0 spiro atoms. The number of hydrogen-bond acceptors (Lipinski definition) is 5. The summed E-state index contributed by atoms with van der Waals surface area (Å²) in [7, 11) is 0. The van der Waals surface area contributed by atoms with Crippen molar-refractivity contribution in [2.75, 3.05) is 13.2 Å². The Bertz CT molecular complexity index is 538. The third-order valence-electron chi connectivity index (χ3n) is 3.93. The van der Waals surface area contributed by atoms with Crippen molar-refractivity contribution in [1.29, 1.82) is 0 Å². The van der Waals surface area contributed by atoms with Crippen molar-refractivity contribution in [2.45, 2.75) is 52.6 Å². The van der Waals surface area contributed by atoms with E-state index in [1.54, 1.807) is 13.0 Å². The molecular weight excluding hydrogens is 294 g/mol. The minimum Gasteiger partial charge on any atom is -0.466 e. The molecule has 0 bridgehead atoms. The number of nitrogens with one attached hydrogen (secondary N) is 1. The third-order valence-corrected chi connectivity index (χ3v) is 3.93. The molecule has 0 aliphatic heterocycles. The molecule has 0 fully saturated rings. The van der Waals surface area contributed by atoms with Gasteiger partial charge in [0.25, 0.3) is 0 Å². The highest BCUT2D eigenvalue weighted by atomic mass is 16.5. The first-order valence-electron chi connectivity index (χ1n) is 8.06. The van der Waals surface area contributed by atoms with E-state index in [2.05, 4.69) is 5.32 Å². The zero-order valence-corrected chi connectivity index (χ0v) is 14.4. The van der Waals surface area contributed by atoms with E-state index in [0.29, 0.717) is 12.0 Å². The average molecular weight is 321 g/mol. The van der Waals surface area contributed by atoms with Crippen molar-refractivity contribution in [2.24, 2.45) is 0 Å². The molecular formula is C18H27NO4. The van der Waals surface area contributed by atoms with Crippen LogP contribution in [-0.2, 0) is 9.53 Å². The molecule has 0 heterocycles. The Kier molecular flexibility index (Phi) is 7.92. The fourth-order valence-electron chi connectivity index (χ4n) is 2.29. The van der Waals surface area contributed by atoms with Crippen LogP contribution in [0, 0.1) is 13.8 Å². The van der Waals surface area contributed by atoms with Crippen LogP contribution < -0.4 is 5.32 Å². The summed E-state index contributed by atoms with van der Waals surface area (Å²) in [6, 6.07) is 4.56. The van der Waals surface area contributed by atoms with Crippen molar-refractivity contribution in [1.82, 2.24) is 5.32 Å². The molecule has 2 atom stereocenters. The van der Waals surface area contributed by atoms with Crippen molar-refractivity contribution >= 4 is 11.8 Å². The summed E-state index contributed by atoms with van der Waals surface area (Å²) in [6.45, 7) is 7.76. The van der Waals surface area contributed by atoms with E-state index in [4.69, 9.17) is 4.74 Å². The van der Waals surface area contributed by atoms with Crippen molar-refractivity contribution < 1.29 is 19.4 Å². The van der Waals surface area contributed by atoms with E-state index in [1.165, 1.54) is 0 Å². The summed E-state index contributed by atoms with van der Waals surface area (Å²) in [5.41, 5.74) is 2.70. The molecule has 2 unspecified atom stereocenters. The minimum absolute atomic E-state index is 0.0455. The van der Waals surface area contributed by atoms with Crippen LogP contribution in [-0.4, -0.2) is 42.2 Å². The van der Waals surface area contributed by atoms with Crippen LogP contribution in [0.2, 0.25) is 0 Å². The molecule has 0 saturated carbocycles. The number of ether oxygens (including phenoxy) is 1. The highest BCUT2D eigenvalue weighted by Gasteiger charge is 2.26. The summed E-state index contributed by atoms with van der Waals surface area (Å²) in [6.07, 6.45) is 0.617. The number of ketones is 1. The molecule has 1 aromatic carbocycles. The van der Waals surface area contributed by atoms with Gasteiger partial charge in [-0.1, -0.05) is 19.1 Å². The van der Waals surface area contributed by atoms with E-state index in [9.17, 15) is 14.7 Å². The van der Waals surface area contributed by atoms with Gasteiger partial charge >= 0.3 is 5.97 Å². The fourth-order valence-corrected chi connectivity index (χ4v) is 2.29. The fraction of sp³-hybridized carbons (Fsp3) is 0.556. The lowest BCUT2D eigenvalue weighted by atomic mass is 9.97. The molecule has 0 saturated heterocycles. The Labute approximate surface area is 138 Å². The number of hydrogen-bond donors (Lipinski definition) is 2. The molecule has 0 amide bonds. The molecule has 0 radical (unpaired) electrons. The monoisotopic (exact) mass is 321 g/mol. The number of Topliss-reactive ketones (excluding diaryl/α,β-unsaturated/α-hetero) is 1. The van der Waals surface area contributed by atoms with Gasteiger partial charge in [-0.15, -0.1) is 0 Å². The second kappa shape index (κ2) is 9.43. The van der Waals surface area contributed by atoms with Crippen LogP contribution in [0.4, 0.5) is 0 Å². The maximum Gasteiger partial charge on any atom is 0.307 e. The number of carbonyl (C=O) groups is 2. The molecule has 1 rings (SSSR count). The van der Waals surface area contributed by atoms with Crippen LogP contribution in [0.3, 0.4) is 0 Å². The van der Waals surface area contributed by atoms with Gasteiger partial charge in [0.15, 0.2) is 5.78 Å². The number of aliphatic hydroxyl groups excluding tert-OH is 1. The summed E-state index contributed by atoms with van der Waals surface area (Å²) in [5, 5.41) is 12.4. The lowest BCUT2D eigenvalue weighted by Crippen LogP contribution is -2.46. The summed E-state index contributed by atoms with van der Waals surface area (Å²) < 4.78 is 4.96. The van der Waals surface area contributed by atoms with Gasteiger partial charge in [-0.25, -0.2) is 0 Å². The predicted molar refractivity (Wildman–Crippen MR) is 89.6 cm³/mol. The lowest BCUT2D eigenvalue weighted by molar-refractivity contribution is -0.143. The number of rotatable bonds is 9. The largest absolute Gasteiger partial charge is 0.466 e. The van der Waals surface area contributed by atoms with Crippen molar-refractivity contribution in [3.05, 3.63) is 34.9 Å². The lowest BCUT2D eigenvalue weighted by Gasteiger charge is -2.22. The number of aryl methyl sites for hydroxylation is 2.